The maximum atomic E-state index is 5.64. The normalized spacial score (nSPS) is 11.1. The molecule has 0 aliphatic rings. The van der Waals surface area contributed by atoms with Gasteiger partial charge in [-0.05, 0) is 6.07 Å². The van der Waals surface area contributed by atoms with E-state index in [1.165, 1.54) is 4.70 Å². The van der Waals surface area contributed by atoms with E-state index in [0.717, 1.165) is 10.9 Å². The Morgan fingerprint density at radius 1 is 1.24 bits per heavy atom. The van der Waals surface area contributed by atoms with Gasteiger partial charge in [0.05, 0.1) is 5.56 Å². The van der Waals surface area contributed by atoms with Crippen molar-refractivity contribution in [3.8, 4) is 11.5 Å². The average Bonchev–Trinajstić information content (AvgIpc) is 2.95. The van der Waals surface area contributed by atoms with E-state index in [9.17, 15) is 0 Å². The second-order valence-corrected chi connectivity index (χ2v) is 4.87. The lowest BCUT2D eigenvalue weighted by Gasteiger charge is -1.92. The largest absolute Gasteiger partial charge is 0.421 e. The molecule has 0 spiro atoms. The van der Waals surface area contributed by atoms with E-state index in [-0.39, 0.29) is 0 Å². The summed E-state index contributed by atoms with van der Waals surface area (Å²) in [5.74, 6) is 1.65. The summed E-state index contributed by atoms with van der Waals surface area (Å²) in [7, 11) is 0. The highest BCUT2D eigenvalue weighted by Gasteiger charge is 2.12. The number of aromatic nitrogens is 2. The average molecular weight is 265 g/mol. The SMILES string of the molecule is ClCCc1nnc(-c2csc3ccccc23)o1. The van der Waals surface area contributed by atoms with Crippen molar-refractivity contribution in [1.82, 2.24) is 10.2 Å². The van der Waals surface area contributed by atoms with Gasteiger partial charge in [0, 0.05) is 27.8 Å². The van der Waals surface area contributed by atoms with Crippen LogP contribution in [0.1, 0.15) is 5.89 Å². The van der Waals surface area contributed by atoms with Gasteiger partial charge in [0.15, 0.2) is 0 Å². The van der Waals surface area contributed by atoms with Gasteiger partial charge in [0.2, 0.25) is 11.8 Å². The molecule has 0 radical (unpaired) electrons. The Labute approximate surface area is 107 Å². The van der Waals surface area contributed by atoms with Crippen LogP contribution in [0.15, 0.2) is 34.1 Å². The molecule has 3 aromatic rings. The van der Waals surface area contributed by atoms with Gasteiger partial charge in [-0.25, -0.2) is 0 Å². The minimum absolute atomic E-state index is 0.492. The number of benzene rings is 1. The Hall–Kier alpha value is -1.39. The molecule has 2 aromatic heterocycles. The number of fused-ring (bicyclic) bond motifs is 1. The highest BCUT2D eigenvalue weighted by Crippen LogP contribution is 2.32. The maximum absolute atomic E-state index is 5.64. The Morgan fingerprint density at radius 3 is 3.00 bits per heavy atom. The smallest absolute Gasteiger partial charge is 0.249 e. The van der Waals surface area contributed by atoms with Crippen LogP contribution in [-0.4, -0.2) is 16.1 Å². The monoisotopic (exact) mass is 264 g/mol. The van der Waals surface area contributed by atoms with E-state index in [1.54, 1.807) is 11.3 Å². The van der Waals surface area contributed by atoms with Crippen LogP contribution in [0.2, 0.25) is 0 Å². The molecular weight excluding hydrogens is 256 g/mol. The lowest BCUT2D eigenvalue weighted by atomic mass is 10.2. The van der Waals surface area contributed by atoms with Crippen molar-refractivity contribution in [2.45, 2.75) is 6.42 Å². The fraction of sp³-hybridized carbons (Fsp3) is 0.167. The summed E-state index contributed by atoms with van der Waals surface area (Å²) in [5, 5.41) is 11.2. The molecule has 2 heterocycles. The fourth-order valence-electron chi connectivity index (χ4n) is 1.69. The van der Waals surface area contributed by atoms with Crippen LogP contribution < -0.4 is 0 Å². The molecule has 17 heavy (non-hydrogen) atoms. The van der Waals surface area contributed by atoms with Gasteiger partial charge < -0.3 is 4.42 Å². The highest BCUT2D eigenvalue weighted by atomic mass is 35.5. The number of hydrogen-bond acceptors (Lipinski definition) is 4. The number of thiophene rings is 1. The van der Waals surface area contributed by atoms with Gasteiger partial charge in [-0.2, -0.15) is 0 Å². The van der Waals surface area contributed by atoms with E-state index in [1.807, 2.05) is 17.5 Å². The summed E-state index contributed by atoms with van der Waals surface area (Å²) in [5.41, 5.74) is 0.999. The first kappa shape index (κ1) is 10.7. The molecule has 0 amide bonds. The number of nitrogens with zero attached hydrogens (tertiary/aromatic N) is 2. The van der Waals surface area contributed by atoms with Crippen molar-refractivity contribution in [1.29, 1.82) is 0 Å². The topological polar surface area (TPSA) is 38.9 Å². The first-order valence-corrected chi connectivity index (χ1v) is 6.65. The van der Waals surface area contributed by atoms with Crippen LogP contribution in [0.4, 0.5) is 0 Å². The molecule has 0 unspecified atom stereocenters. The summed E-state index contributed by atoms with van der Waals surface area (Å²) in [6, 6.07) is 8.18. The van der Waals surface area contributed by atoms with Crippen LogP contribution in [0.5, 0.6) is 0 Å². The molecule has 0 N–H and O–H groups in total. The van der Waals surface area contributed by atoms with E-state index in [0.29, 0.717) is 24.1 Å². The van der Waals surface area contributed by atoms with Crippen LogP contribution in [0, 0.1) is 0 Å². The van der Waals surface area contributed by atoms with Crippen molar-refractivity contribution >= 4 is 33.0 Å². The van der Waals surface area contributed by atoms with Crippen molar-refractivity contribution in [2.24, 2.45) is 0 Å². The molecule has 0 atom stereocenters. The number of rotatable bonds is 3. The Kier molecular flexibility index (Phi) is 2.82. The summed E-state index contributed by atoms with van der Waals surface area (Å²) in [4.78, 5) is 0. The zero-order chi connectivity index (χ0) is 11.7. The zero-order valence-corrected chi connectivity index (χ0v) is 10.5. The predicted molar refractivity (Wildman–Crippen MR) is 69.5 cm³/mol. The molecule has 0 saturated carbocycles. The van der Waals surface area contributed by atoms with Crippen LogP contribution in [-0.2, 0) is 6.42 Å². The Morgan fingerprint density at radius 2 is 2.12 bits per heavy atom. The van der Waals surface area contributed by atoms with Crippen molar-refractivity contribution < 1.29 is 4.42 Å². The lowest BCUT2D eigenvalue weighted by Crippen LogP contribution is -1.84. The van der Waals surface area contributed by atoms with Crippen LogP contribution in [0.25, 0.3) is 21.5 Å². The Bertz CT molecular complexity index is 647. The third-order valence-electron chi connectivity index (χ3n) is 2.49. The number of halogens is 1. The zero-order valence-electron chi connectivity index (χ0n) is 8.89. The Balaban J connectivity index is 2.07. The number of alkyl halides is 1. The van der Waals surface area contributed by atoms with Gasteiger partial charge >= 0.3 is 0 Å². The first-order valence-electron chi connectivity index (χ1n) is 5.23. The van der Waals surface area contributed by atoms with Gasteiger partial charge in [-0.15, -0.1) is 33.1 Å². The number of hydrogen-bond donors (Lipinski definition) is 0. The van der Waals surface area contributed by atoms with E-state index >= 15 is 0 Å². The third kappa shape index (κ3) is 1.94. The molecule has 3 rings (SSSR count). The summed E-state index contributed by atoms with van der Waals surface area (Å²) < 4.78 is 6.80. The second kappa shape index (κ2) is 4.47. The van der Waals surface area contributed by atoms with Gasteiger partial charge in [-0.3, -0.25) is 0 Å². The molecule has 3 nitrogen and oxygen atoms in total. The minimum Gasteiger partial charge on any atom is -0.421 e. The van der Waals surface area contributed by atoms with Gasteiger partial charge in [0.25, 0.3) is 0 Å². The standard InChI is InChI=1S/C12H9ClN2OS/c13-6-5-11-14-15-12(16-11)9-7-17-10-4-2-1-3-8(9)10/h1-4,7H,5-6H2. The number of aryl methyl sites for hydroxylation is 1. The molecule has 86 valence electrons. The summed E-state index contributed by atoms with van der Waals surface area (Å²) in [6.45, 7) is 0. The molecule has 1 aromatic carbocycles. The van der Waals surface area contributed by atoms with Crippen molar-refractivity contribution in [3.63, 3.8) is 0 Å². The predicted octanol–water partition coefficient (Wildman–Crippen LogP) is 3.73. The lowest BCUT2D eigenvalue weighted by molar-refractivity contribution is 0.514. The summed E-state index contributed by atoms with van der Waals surface area (Å²) in [6.07, 6.45) is 0.608. The molecule has 5 heteroatoms. The molecule has 0 fully saturated rings. The maximum Gasteiger partial charge on any atom is 0.249 e. The molecule has 0 aliphatic heterocycles. The summed E-state index contributed by atoms with van der Waals surface area (Å²) >= 11 is 7.32. The van der Waals surface area contributed by atoms with Crippen LogP contribution in [0.3, 0.4) is 0 Å². The fourth-order valence-corrected chi connectivity index (χ4v) is 2.78. The third-order valence-corrected chi connectivity index (χ3v) is 3.64. The van der Waals surface area contributed by atoms with Gasteiger partial charge in [-0.1, -0.05) is 18.2 Å². The van der Waals surface area contributed by atoms with Crippen LogP contribution >= 0.6 is 22.9 Å². The highest BCUT2D eigenvalue weighted by molar-refractivity contribution is 7.17. The minimum atomic E-state index is 0.492. The second-order valence-electron chi connectivity index (χ2n) is 3.59. The van der Waals surface area contributed by atoms with Crippen molar-refractivity contribution in [3.05, 3.63) is 35.5 Å². The van der Waals surface area contributed by atoms with E-state index in [2.05, 4.69) is 22.3 Å². The molecule has 0 saturated heterocycles. The van der Waals surface area contributed by atoms with Gasteiger partial charge in [0.1, 0.15) is 0 Å². The van der Waals surface area contributed by atoms with Crippen molar-refractivity contribution in [2.75, 3.05) is 5.88 Å². The molecule has 0 aliphatic carbocycles. The van der Waals surface area contributed by atoms with E-state index in [4.69, 9.17) is 16.0 Å². The quantitative estimate of drug-likeness (QED) is 0.677. The first-order chi connectivity index (χ1) is 8.38. The van der Waals surface area contributed by atoms with E-state index < -0.39 is 0 Å². The molecular formula is C12H9ClN2OS. The molecule has 0 bridgehead atoms.